The number of rotatable bonds is 4. The van der Waals surface area contributed by atoms with Crippen molar-refractivity contribution >= 4 is 17.5 Å². The predicted octanol–water partition coefficient (Wildman–Crippen LogP) is 5.04. The summed E-state index contributed by atoms with van der Waals surface area (Å²) in [6, 6.07) is 15.6. The van der Waals surface area contributed by atoms with Crippen LogP contribution in [0.15, 0.2) is 52.3 Å². The van der Waals surface area contributed by atoms with Gasteiger partial charge in [0, 0.05) is 15.4 Å². The SMILES string of the molecule is CC(=O)c1ccc(C#N)cc1Sc1ccc(C(C)C)cc1. The highest BCUT2D eigenvalue weighted by atomic mass is 32.2. The van der Waals surface area contributed by atoms with Gasteiger partial charge in [0.25, 0.3) is 0 Å². The summed E-state index contributed by atoms with van der Waals surface area (Å²) in [5.74, 6) is 0.513. The van der Waals surface area contributed by atoms with E-state index in [2.05, 4.69) is 44.2 Å². The standard InChI is InChI=1S/C18H17NOS/c1-12(2)15-5-7-16(8-6-15)21-18-10-14(11-19)4-9-17(18)13(3)20/h4-10,12H,1-3H3. The second-order valence-electron chi connectivity index (χ2n) is 5.20. The lowest BCUT2D eigenvalue weighted by Gasteiger charge is -2.09. The zero-order valence-corrected chi connectivity index (χ0v) is 13.2. The van der Waals surface area contributed by atoms with E-state index in [0.29, 0.717) is 17.0 Å². The Balaban J connectivity index is 2.33. The van der Waals surface area contributed by atoms with Gasteiger partial charge in [-0.15, -0.1) is 0 Å². The molecule has 2 nitrogen and oxygen atoms in total. The molecule has 0 radical (unpaired) electrons. The largest absolute Gasteiger partial charge is 0.294 e. The van der Waals surface area contributed by atoms with Crippen LogP contribution in [-0.4, -0.2) is 5.78 Å². The molecule has 0 fully saturated rings. The average molecular weight is 295 g/mol. The number of Topliss-reactive ketones (excluding diaryl/α,β-unsaturated/α-hetero) is 1. The molecule has 0 heterocycles. The van der Waals surface area contributed by atoms with Crippen LogP contribution in [-0.2, 0) is 0 Å². The summed E-state index contributed by atoms with van der Waals surface area (Å²) in [6.07, 6.45) is 0. The third-order valence-electron chi connectivity index (χ3n) is 3.26. The van der Waals surface area contributed by atoms with Gasteiger partial charge in [0.15, 0.2) is 5.78 Å². The minimum atomic E-state index is 0.0146. The maximum absolute atomic E-state index is 11.7. The van der Waals surface area contributed by atoms with Crippen molar-refractivity contribution in [2.45, 2.75) is 36.5 Å². The molecule has 0 spiro atoms. The summed E-state index contributed by atoms with van der Waals surface area (Å²) in [5, 5.41) is 9.01. The molecule has 2 aromatic carbocycles. The first-order valence-electron chi connectivity index (χ1n) is 6.84. The maximum Gasteiger partial charge on any atom is 0.160 e. The maximum atomic E-state index is 11.7. The second-order valence-corrected chi connectivity index (χ2v) is 6.32. The number of hydrogen-bond acceptors (Lipinski definition) is 3. The molecular weight excluding hydrogens is 278 g/mol. The molecule has 3 heteroatoms. The van der Waals surface area contributed by atoms with Crippen molar-refractivity contribution in [2.24, 2.45) is 0 Å². The van der Waals surface area contributed by atoms with Crippen LogP contribution in [0.4, 0.5) is 0 Å². The number of nitriles is 1. The summed E-state index contributed by atoms with van der Waals surface area (Å²) in [6.45, 7) is 5.87. The number of carbonyl (C=O) groups is 1. The molecule has 0 amide bonds. The predicted molar refractivity (Wildman–Crippen MR) is 85.8 cm³/mol. The van der Waals surface area contributed by atoms with Gasteiger partial charge in [-0.1, -0.05) is 37.7 Å². The fourth-order valence-electron chi connectivity index (χ4n) is 2.01. The summed E-state index contributed by atoms with van der Waals surface area (Å²) >= 11 is 1.52. The highest BCUT2D eigenvalue weighted by molar-refractivity contribution is 7.99. The van der Waals surface area contributed by atoms with E-state index < -0.39 is 0 Å². The van der Waals surface area contributed by atoms with E-state index in [1.165, 1.54) is 17.3 Å². The van der Waals surface area contributed by atoms with Crippen LogP contribution in [0.2, 0.25) is 0 Å². The fourth-order valence-corrected chi connectivity index (χ4v) is 3.05. The van der Waals surface area contributed by atoms with E-state index in [4.69, 9.17) is 5.26 Å². The van der Waals surface area contributed by atoms with Crippen LogP contribution in [0.25, 0.3) is 0 Å². The lowest BCUT2D eigenvalue weighted by atomic mass is 10.0. The molecule has 2 rings (SSSR count). The molecule has 21 heavy (non-hydrogen) atoms. The van der Waals surface area contributed by atoms with Crippen molar-refractivity contribution in [3.05, 3.63) is 59.2 Å². The van der Waals surface area contributed by atoms with E-state index in [1.807, 2.05) is 0 Å². The molecule has 0 saturated carbocycles. The molecule has 0 saturated heterocycles. The van der Waals surface area contributed by atoms with Crippen molar-refractivity contribution in [2.75, 3.05) is 0 Å². The molecule has 0 aliphatic heterocycles. The Labute approximate surface area is 129 Å². The van der Waals surface area contributed by atoms with Crippen molar-refractivity contribution in [1.29, 1.82) is 5.26 Å². The Hall–Kier alpha value is -2.05. The van der Waals surface area contributed by atoms with Crippen LogP contribution >= 0.6 is 11.8 Å². The van der Waals surface area contributed by atoms with E-state index in [0.717, 1.165) is 9.79 Å². The topological polar surface area (TPSA) is 40.9 Å². The Bertz CT molecular complexity index is 696. The van der Waals surface area contributed by atoms with Crippen LogP contribution in [0.5, 0.6) is 0 Å². The Morgan fingerprint density at radius 3 is 2.33 bits per heavy atom. The van der Waals surface area contributed by atoms with Crippen molar-refractivity contribution in [1.82, 2.24) is 0 Å². The number of carbonyl (C=O) groups excluding carboxylic acids is 1. The number of ketones is 1. The molecule has 0 bridgehead atoms. The van der Waals surface area contributed by atoms with E-state index in [-0.39, 0.29) is 5.78 Å². The first-order valence-corrected chi connectivity index (χ1v) is 7.66. The molecule has 2 aromatic rings. The Morgan fingerprint density at radius 2 is 1.81 bits per heavy atom. The second kappa shape index (κ2) is 6.60. The molecule has 0 unspecified atom stereocenters. The Kier molecular flexibility index (Phi) is 4.82. The smallest absolute Gasteiger partial charge is 0.160 e. The quantitative estimate of drug-likeness (QED) is 0.742. The summed E-state index contributed by atoms with van der Waals surface area (Å²) in [5.41, 5.74) is 2.52. The highest BCUT2D eigenvalue weighted by Gasteiger charge is 2.10. The van der Waals surface area contributed by atoms with Gasteiger partial charge in [-0.05, 0) is 48.7 Å². The number of nitrogens with zero attached hydrogens (tertiary/aromatic N) is 1. The van der Waals surface area contributed by atoms with Crippen LogP contribution < -0.4 is 0 Å². The molecule has 0 aromatic heterocycles. The van der Waals surface area contributed by atoms with Gasteiger partial charge in [0.2, 0.25) is 0 Å². The molecule has 0 N–H and O–H groups in total. The van der Waals surface area contributed by atoms with Gasteiger partial charge in [-0.2, -0.15) is 5.26 Å². The third kappa shape index (κ3) is 3.74. The average Bonchev–Trinajstić information content (AvgIpc) is 2.47. The molecule has 106 valence electrons. The summed E-state index contributed by atoms with van der Waals surface area (Å²) in [7, 11) is 0. The molecule has 0 aliphatic rings. The highest BCUT2D eigenvalue weighted by Crippen LogP contribution is 2.32. The summed E-state index contributed by atoms with van der Waals surface area (Å²) in [4.78, 5) is 13.6. The minimum Gasteiger partial charge on any atom is -0.294 e. The third-order valence-corrected chi connectivity index (χ3v) is 4.33. The fraction of sp³-hybridized carbons (Fsp3) is 0.222. The van der Waals surface area contributed by atoms with Crippen LogP contribution in [0.1, 0.15) is 48.2 Å². The first-order chi connectivity index (χ1) is 10.0. The molecule has 0 atom stereocenters. The van der Waals surface area contributed by atoms with Crippen LogP contribution in [0, 0.1) is 11.3 Å². The van der Waals surface area contributed by atoms with E-state index in [1.54, 1.807) is 25.1 Å². The van der Waals surface area contributed by atoms with Gasteiger partial charge >= 0.3 is 0 Å². The Morgan fingerprint density at radius 1 is 1.14 bits per heavy atom. The number of benzene rings is 2. The van der Waals surface area contributed by atoms with Crippen molar-refractivity contribution in [3.63, 3.8) is 0 Å². The normalized spacial score (nSPS) is 10.4. The summed E-state index contributed by atoms with van der Waals surface area (Å²) < 4.78 is 0. The first kappa shape index (κ1) is 15.3. The molecular formula is C18H17NOS. The van der Waals surface area contributed by atoms with Crippen molar-refractivity contribution in [3.8, 4) is 6.07 Å². The lowest BCUT2D eigenvalue weighted by molar-refractivity contribution is 0.101. The molecule has 0 aliphatic carbocycles. The van der Waals surface area contributed by atoms with Gasteiger partial charge < -0.3 is 0 Å². The minimum absolute atomic E-state index is 0.0146. The van der Waals surface area contributed by atoms with Gasteiger partial charge in [0.05, 0.1) is 11.6 Å². The van der Waals surface area contributed by atoms with Gasteiger partial charge in [-0.25, -0.2) is 0 Å². The zero-order valence-electron chi connectivity index (χ0n) is 12.4. The van der Waals surface area contributed by atoms with Gasteiger partial charge in [-0.3, -0.25) is 4.79 Å². The van der Waals surface area contributed by atoms with E-state index in [9.17, 15) is 4.79 Å². The van der Waals surface area contributed by atoms with Crippen molar-refractivity contribution < 1.29 is 4.79 Å². The lowest BCUT2D eigenvalue weighted by Crippen LogP contribution is -1.95. The van der Waals surface area contributed by atoms with Gasteiger partial charge in [0.1, 0.15) is 0 Å². The monoisotopic (exact) mass is 295 g/mol. The van der Waals surface area contributed by atoms with Crippen LogP contribution in [0.3, 0.4) is 0 Å². The zero-order chi connectivity index (χ0) is 15.4. The number of hydrogen-bond donors (Lipinski definition) is 0. The van der Waals surface area contributed by atoms with E-state index >= 15 is 0 Å².